The Morgan fingerprint density at radius 3 is 2.65 bits per heavy atom. The largest absolute Gasteiger partial charge is 0.478 e. The van der Waals surface area contributed by atoms with Crippen molar-refractivity contribution in [1.82, 2.24) is 14.9 Å². The molecule has 3 N–H and O–H groups in total. The number of hydrogen-bond acceptors (Lipinski definition) is 3. The van der Waals surface area contributed by atoms with Gasteiger partial charge in [-0.25, -0.2) is 4.79 Å². The molecule has 2 aromatic carbocycles. The lowest BCUT2D eigenvalue weighted by Gasteiger charge is -2.12. The third-order valence-electron chi connectivity index (χ3n) is 5.87. The fraction of sp³-hybridized carbons (Fsp3) is 0.148. The zero-order valence-corrected chi connectivity index (χ0v) is 18.9. The number of nitriles is 1. The van der Waals surface area contributed by atoms with Gasteiger partial charge in [0.2, 0.25) is 0 Å². The summed E-state index contributed by atoms with van der Waals surface area (Å²) in [6.07, 6.45) is 4.11. The van der Waals surface area contributed by atoms with Crippen molar-refractivity contribution in [3.63, 3.8) is 0 Å². The van der Waals surface area contributed by atoms with E-state index in [4.69, 9.17) is 0 Å². The number of H-pyrrole nitrogens is 1. The summed E-state index contributed by atoms with van der Waals surface area (Å²) >= 11 is 0. The molecule has 0 radical (unpaired) electrons. The van der Waals surface area contributed by atoms with Crippen molar-refractivity contribution in [2.45, 2.75) is 20.3 Å². The highest BCUT2D eigenvalue weighted by atomic mass is 16.4. The van der Waals surface area contributed by atoms with Crippen LogP contribution >= 0.6 is 0 Å². The van der Waals surface area contributed by atoms with Gasteiger partial charge in [0.05, 0.1) is 11.3 Å². The Hall–Kier alpha value is -4.57. The van der Waals surface area contributed by atoms with Crippen molar-refractivity contribution in [2.24, 2.45) is 0 Å². The number of nitrogens with zero attached hydrogens (tertiary/aromatic N) is 2. The standard InChI is InChI=1S/C27H24N4O3/c1-17-13-20(18(2)31(17)25-10-6-4-8-23(25)27(33)34)14-21(15-28)26(32)29-12-11-19-16-30-24-9-5-3-7-22(19)24/h3-10,13-14,16,30H,11-12H2,1-2H3,(H,29,32)(H,33,34)/b21-14-. The minimum absolute atomic E-state index is 0.00861. The minimum atomic E-state index is -1.02. The molecule has 7 nitrogen and oxygen atoms in total. The third-order valence-corrected chi connectivity index (χ3v) is 5.87. The van der Waals surface area contributed by atoms with Gasteiger partial charge in [-0.1, -0.05) is 30.3 Å². The molecule has 2 heterocycles. The van der Waals surface area contributed by atoms with Crippen LogP contribution in [0.3, 0.4) is 0 Å². The first-order valence-corrected chi connectivity index (χ1v) is 10.9. The maximum absolute atomic E-state index is 12.7. The second-order valence-corrected chi connectivity index (χ2v) is 8.02. The molecule has 1 amide bonds. The van der Waals surface area contributed by atoms with Crippen molar-refractivity contribution < 1.29 is 14.7 Å². The van der Waals surface area contributed by atoms with Crippen LogP contribution in [0.1, 0.15) is 32.9 Å². The molecule has 2 aromatic heterocycles. The van der Waals surface area contributed by atoms with Crippen molar-refractivity contribution in [1.29, 1.82) is 5.26 Å². The van der Waals surface area contributed by atoms with Gasteiger partial charge in [-0.3, -0.25) is 4.79 Å². The number of aromatic nitrogens is 2. The average molecular weight is 453 g/mol. The van der Waals surface area contributed by atoms with Gasteiger partial charge in [0, 0.05) is 35.0 Å². The Kier molecular flexibility index (Phi) is 6.33. The van der Waals surface area contributed by atoms with Crippen LogP contribution in [0.25, 0.3) is 22.7 Å². The van der Waals surface area contributed by atoms with Gasteiger partial charge >= 0.3 is 5.97 Å². The van der Waals surface area contributed by atoms with E-state index in [1.807, 2.05) is 61.0 Å². The van der Waals surface area contributed by atoms with E-state index in [1.165, 1.54) is 0 Å². The Bertz CT molecular complexity index is 1470. The van der Waals surface area contributed by atoms with Gasteiger partial charge in [-0.15, -0.1) is 0 Å². The number of nitrogens with one attached hydrogen (secondary N) is 2. The molecule has 0 saturated carbocycles. The first-order valence-electron chi connectivity index (χ1n) is 10.9. The van der Waals surface area contributed by atoms with Gasteiger partial charge in [0.25, 0.3) is 5.91 Å². The molecule has 0 aliphatic carbocycles. The molecule has 0 spiro atoms. The number of carbonyl (C=O) groups is 2. The normalized spacial score (nSPS) is 11.4. The SMILES string of the molecule is Cc1cc(/C=C(/C#N)C(=O)NCCc2c[nH]c3ccccc23)c(C)n1-c1ccccc1C(=O)O. The number of para-hydroxylation sites is 2. The summed E-state index contributed by atoms with van der Waals surface area (Å²) in [7, 11) is 0. The lowest BCUT2D eigenvalue weighted by Crippen LogP contribution is -2.26. The van der Waals surface area contributed by atoms with Crippen LogP contribution in [-0.4, -0.2) is 33.1 Å². The molecule has 0 atom stereocenters. The van der Waals surface area contributed by atoms with Crippen LogP contribution in [0.5, 0.6) is 0 Å². The summed E-state index contributed by atoms with van der Waals surface area (Å²) in [5.74, 6) is -1.47. The maximum atomic E-state index is 12.7. The minimum Gasteiger partial charge on any atom is -0.478 e. The van der Waals surface area contributed by atoms with Crippen LogP contribution in [0.2, 0.25) is 0 Å². The highest BCUT2D eigenvalue weighted by Crippen LogP contribution is 2.25. The molecule has 0 unspecified atom stereocenters. The topological polar surface area (TPSA) is 111 Å². The van der Waals surface area contributed by atoms with E-state index in [2.05, 4.69) is 10.3 Å². The number of aromatic carboxylic acids is 1. The van der Waals surface area contributed by atoms with Gasteiger partial charge in [0.15, 0.2) is 0 Å². The maximum Gasteiger partial charge on any atom is 0.337 e. The Labute approximate surface area is 197 Å². The second kappa shape index (κ2) is 9.51. The van der Waals surface area contributed by atoms with E-state index >= 15 is 0 Å². The van der Waals surface area contributed by atoms with E-state index in [1.54, 1.807) is 30.3 Å². The summed E-state index contributed by atoms with van der Waals surface area (Å²) < 4.78 is 1.82. The van der Waals surface area contributed by atoms with Gasteiger partial charge in [-0.2, -0.15) is 5.26 Å². The molecule has 170 valence electrons. The number of aromatic amines is 1. The zero-order chi connectivity index (χ0) is 24.2. The fourth-order valence-electron chi connectivity index (χ4n) is 4.20. The average Bonchev–Trinajstić information content (AvgIpc) is 3.37. The molecule has 0 fully saturated rings. The summed E-state index contributed by atoms with van der Waals surface area (Å²) in [4.78, 5) is 27.6. The zero-order valence-electron chi connectivity index (χ0n) is 18.9. The van der Waals surface area contributed by atoms with Gasteiger partial charge < -0.3 is 20.0 Å². The number of fused-ring (bicyclic) bond motifs is 1. The van der Waals surface area contributed by atoms with E-state index in [-0.39, 0.29) is 11.1 Å². The van der Waals surface area contributed by atoms with Gasteiger partial charge in [-0.05, 0) is 61.7 Å². The van der Waals surface area contributed by atoms with Crippen molar-refractivity contribution in [3.05, 3.63) is 94.4 Å². The van der Waals surface area contributed by atoms with E-state index < -0.39 is 11.9 Å². The molecule has 0 aliphatic rings. The predicted octanol–water partition coefficient (Wildman–Crippen LogP) is 4.54. The van der Waals surface area contributed by atoms with Crippen LogP contribution in [0, 0.1) is 25.2 Å². The molecular weight excluding hydrogens is 428 g/mol. The number of benzene rings is 2. The highest BCUT2D eigenvalue weighted by molar-refractivity contribution is 6.02. The fourth-order valence-corrected chi connectivity index (χ4v) is 4.20. The first kappa shape index (κ1) is 22.6. The number of carboxylic acid groups (broad SMARTS) is 1. The van der Waals surface area contributed by atoms with E-state index in [9.17, 15) is 20.0 Å². The number of carboxylic acids is 1. The highest BCUT2D eigenvalue weighted by Gasteiger charge is 2.17. The third kappa shape index (κ3) is 4.34. The molecule has 0 aliphatic heterocycles. The first-order chi connectivity index (χ1) is 16.4. The lowest BCUT2D eigenvalue weighted by molar-refractivity contribution is -0.117. The van der Waals surface area contributed by atoms with Crippen molar-refractivity contribution >= 4 is 28.9 Å². The second-order valence-electron chi connectivity index (χ2n) is 8.02. The van der Waals surface area contributed by atoms with E-state index in [0.29, 0.717) is 24.2 Å². The molecule has 7 heteroatoms. The van der Waals surface area contributed by atoms with Crippen LogP contribution in [0.4, 0.5) is 0 Å². The lowest BCUT2D eigenvalue weighted by atomic mass is 10.1. The quantitative estimate of drug-likeness (QED) is 0.282. The van der Waals surface area contributed by atoms with Crippen LogP contribution in [-0.2, 0) is 11.2 Å². The Balaban J connectivity index is 1.53. The molecular formula is C27H24N4O3. The number of hydrogen-bond donors (Lipinski definition) is 3. The van der Waals surface area contributed by atoms with Crippen molar-refractivity contribution in [3.8, 4) is 11.8 Å². The Morgan fingerprint density at radius 2 is 1.88 bits per heavy atom. The summed E-state index contributed by atoms with van der Waals surface area (Å²) in [5.41, 5.74) is 5.06. The molecule has 4 rings (SSSR count). The number of amides is 1. The van der Waals surface area contributed by atoms with Crippen LogP contribution in [0.15, 0.2) is 66.4 Å². The number of aryl methyl sites for hydroxylation is 1. The van der Waals surface area contributed by atoms with Crippen LogP contribution < -0.4 is 5.32 Å². The molecule has 34 heavy (non-hydrogen) atoms. The van der Waals surface area contributed by atoms with Crippen molar-refractivity contribution in [2.75, 3.05) is 6.54 Å². The monoisotopic (exact) mass is 452 g/mol. The summed E-state index contributed by atoms with van der Waals surface area (Å²) in [5, 5.41) is 23.1. The summed E-state index contributed by atoms with van der Waals surface area (Å²) in [6.45, 7) is 4.09. The summed E-state index contributed by atoms with van der Waals surface area (Å²) in [6, 6.07) is 18.5. The smallest absolute Gasteiger partial charge is 0.337 e. The molecule has 0 bridgehead atoms. The number of rotatable bonds is 7. The predicted molar refractivity (Wildman–Crippen MR) is 131 cm³/mol. The molecule has 0 saturated heterocycles. The molecule has 4 aromatic rings. The number of carbonyl (C=O) groups excluding carboxylic acids is 1. The van der Waals surface area contributed by atoms with Gasteiger partial charge in [0.1, 0.15) is 11.6 Å². The van der Waals surface area contributed by atoms with E-state index in [0.717, 1.165) is 27.9 Å². The Morgan fingerprint density at radius 1 is 1.15 bits per heavy atom.